The van der Waals surface area contributed by atoms with Crippen molar-refractivity contribution in [1.82, 2.24) is 0 Å². The third kappa shape index (κ3) is 3.32. The molecule has 0 nitrogen and oxygen atoms in total. The SMILES string of the molecule is Cc1ccc(CC(Cl)c2cccc(C)c2Cl)cc1C. The molecule has 0 saturated heterocycles. The van der Waals surface area contributed by atoms with Gasteiger partial charge < -0.3 is 0 Å². The molecule has 0 aliphatic rings. The van der Waals surface area contributed by atoms with E-state index in [1.165, 1.54) is 16.7 Å². The average molecular weight is 293 g/mol. The summed E-state index contributed by atoms with van der Waals surface area (Å²) in [7, 11) is 0. The largest absolute Gasteiger partial charge is 0.117 e. The van der Waals surface area contributed by atoms with Gasteiger partial charge in [-0.15, -0.1) is 11.6 Å². The summed E-state index contributed by atoms with van der Waals surface area (Å²) in [5.41, 5.74) is 5.95. The highest BCUT2D eigenvalue weighted by atomic mass is 35.5. The number of hydrogen-bond donors (Lipinski definition) is 0. The van der Waals surface area contributed by atoms with Crippen molar-refractivity contribution in [1.29, 1.82) is 0 Å². The summed E-state index contributed by atoms with van der Waals surface area (Å²) in [6, 6.07) is 12.5. The van der Waals surface area contributed by atoms with Crippen molar-refractivity contribution in [3.8, 4) is 0 Å². The fourth-order valence-electron chi connectivity index (χ4n) is 2.16. The van der Waals surface area contributed by atoms with Crippen LogP contribution in [0.5, 0.6) is 0 Å². The standard InChI is InChI=1S/C17H18Cl2/c1-11-7-8-14(9-13(11)3)10-16(18)15-6-4-5-12(2)17(15)19/h4-9,16H,10H2,1-3H3. The van der Waals surface area contributed by atoms with Crippen molar-refractivity contribution in [3.63, 3.8) is 0 Å². The van der Waals surface area contributed by atoms with Gasteiger partial charge in [-0.2, -0.15) is 0 Å². The molecule has 0 bridgehead atoms. The number of hydrogen-bond acceptors (Lipinski definition) is 0. The molecule has 0 radical (unpaired) electrons. The minimum Gasteiger partial charge on any atom is -0.117 e. The molecule has 0 aromatic heterocycles. The van der Waals surface area contributed by atoms with Gasteiger partial charge in [-0.1, -0.05) is 48.0 Å². The van der Waals surface area contributed by atoms with Crippen LogP contribution in [0.3, 0.4) is 0 Å². The van der Waals surface area contributed by atoms with Crippen LogP contribution >= 0.6 is 23.2 Å². The summed E-state index contributed by atoms with van der Waals surface area (Å²) in [6.07, 6.45) is 0.797. The highest BCUT2D eigenvalue weighted by Crippen LogP contribution is 2.32. The maximum absolute atomic E-state index is 6.53. The molecule has 100 valence electrons. The van der Waals surface area contributed by atoms with E-state index < -0.39 is 0 Å². The zero-order valence-electron chi connectivity index (χ0n) is 11.5. The van der Waals surface area contributed by atoms with Gasteiger partial charge in [-0.05, 0) is 55.0 Å². The lowest BCUT2D eigenvalue weighted by Crippen LogP contribution is -1.98. The van der Waals surface area contributed by atoms with Crippen molar-refractivity contribution in [3.05, 3.63) is 69.2 Å². The molecule has 0 aliphatic heterocycles. The number of rotatable bonds is 3. The Balaban J connectivity index is 2.23. The molecule has 2 heteroatoms. The third-order valence-corrected chi connectivity index (χ3v) is 4.45. The Morgan fingerprint density at radius 1 is 0.947 bits per heavy atom. The van der Waals surface area contributed by atoms with Gasteiger partial charge in [0.25, 0.3) is 0 Å². The molecule has 0 saturated carbocycles. The van der Waals surface area contributed by atoms with Gasteiger partial charge in [0.15, 0.2) is 0 Å². The van der Waals surface area contributed by atoms with Crippen molar-refractivity contribution in [2.45, 2.75) is 32.6 Å². The molecule has 0 amide bonds. The molecule has 0 N–H and O–H groups in total. The van der Waals surface area contributed by atoms with Crippen LogP contribution in [0.25, 0.3) is 0 Å². The van der Waals surface area contributed by atoms with E-state index in [1.54, 1.807) is 0 Å². The highest BCUT2D eigenvalue weighted by molar-refractivity contribution is 6.33. The smallest absolute Gasteiger partial charge is 0.0640 e. The minimum absolute atomic E-state index is 0.0884. The summed E-state index contributed by atoms with van der Waals surface area (Å²) in [5, 5.41) is 0.695. The van der Waals surface area contributed by atoms with Crippen molar-refractivity contribution in [2.24, 2.45) is 0 Å². The van der Waals surface area contributed by atoms with Crippen LogP contribution in [0.2, 0.25) is 5.02 Å². The fourth-order valence-corrected chi connectivity index (χ4v) is 2.83. The summed E-state index contributed by atoms with van der Waals surface area (Å²) in [4.78, 5) is 0. The topological polar surface area (TPSA) is 0 Å². The predicted octanol–water partition coefficient (Wildman–Crippen LogP) is 5.79. The van der Waals surface area contributed by atoms with Gasteiger partial charge in [0.05, 0.1) is 5.38 Å². The Morgan fingerprint density at radius 2 is 1.68 bits per heavy atom. The van der Waals surface area contributed by atoms with Gasteiger partial charge in [0, 0.05) is 5.02 Å². The first kappa shape index (κ1) is 14.4. The molecular weight excluding hydrogens is 275 g/mol. The molecule has 2 aromatic rings. The first-order chi connectivity index (χ1) is 8.99. The minimum atomic E-state index is -0.0884. The number of alkyl halides is 1. The highest BCUT2D eigenvalue weighted by Gasteiger charge is 2.14. The van der Waals surface area contributed by atoms with Crippen molar-refractivity contribution in [2.75, 3.05) is 0 Å². The Morgan fingerprint density at radius 3 is 2.37 bits per heavy atom. The zero-order chi connectivity index (χ0) is 14.0. The maximum Gasteiger partial charge on any atom is 0.0640 e. The van der Waals surface area contributed by atoms with Gasteiger partial charge in [-0.25, -0.2) is 0 Å². The number of halogens is 2. The van der Waals surface area contributed by atoms with Crippen molar-refractivity contribution >= 4 is 23.2 Å². The lowest BCUT2D eigenvalue weighted by atomic mass is 9.99. The monoisotopic (exact) mass is 292 g/mol. The van der Waals surface area contributed by atoms with Gasteiger partial charge >= 0.3 is 0 Å². The van der Waals surface area contributed by atoms with E-state index in [0.29, 0.717) is 0 Å². The second kappa shape index (κ2) is 5.98. The van der Waals surface area contributed by atoms with E-state index in [1.807, 2.05) is 25.1 Å². The lowest BCUT2D eigenvalue weighted by molar-refractivity contribution is 0.915. The summed E-state index contributed by atoms with van der Waals surface area (Å²) in [6.45, 7) is 6.25. The molecule has 2 rings (SSSR count). The van der Waals surface area contributed by atoms with Crippen LogP contribution in [-0.4, -0.2) is 0 Å². The summed E-state index contributed by atoms with van der Waals surface area (Å²) >= 11 is 12.9. The molecule has 2 aromatic carbocycles. The van der Waals surface area contributed by atoms with E-state index >= 15 is 0 Å². The second-order valence-electron chi connectivity index (χ2n) is 5.07. The predicted molar refractivity (Wildman–Crippen MR) is 84.4 cm³/mol. The number of aryl methyl sites for hydroxylation is 3. The van der Waals surface area contributed by atoms with E-state index in [4.69, 9.17) is 23.2 Å². The average Bonchev–Trinajstić information content (AvgIpc) is 2.37. The summed E-state index contributed by atoms with van der Waals surface area (Å²) < 4.78 is 0. The maximum atomic E-state index is 6.53. The second-order valence-corrected chi connectivity index (χ2v) is 5.97. The van der Waals surface area contributed by atoms with E-state index in [0.717, 1.165) is 22.6 Å². The quantitative estimate of drug-likeness (QED) is 0.628. The van der Waals surface area contributed by atoms with E-state index in [9.17, 15) is 0 Å². The Kier molecular flexibility index (Phi) is 4.54. The van der Waals surface area contributed by atoms with Gasteiger partial charge in [-0.3, -0.25) is 0 Å². The van der Waals surface area contributed by atoms with E-state index in [-0.39, 0.29) is 5.38 Å². The molecule has 0 heterocycles. The van der Waals surface area contributed by atoms with Crippen LogP contribution in [0.4, 0.5) is 0 Å². The first-order valence-electron chi connectivity index (χ1n) is 6.44. The molecular formula is C17H18Cl2. The molecule has 0 aliphatic carbocycles. The molecule has 1 atom stereocenters. The molecule has 1 unspecified atom stereocenters. The molecule has 19 heavy (non-hydrogen) atoms. The van der Waals surface area contributed by atoms with E-state index in [2.05, 4.69) is 32.0 Å². The van der Waals surface area contributed by atoms with Crippen molar-refractivity contribution < 1.29 is 0 Å². The van der Waals surface area contributed by atoms with Gasteiger partial charge in [0.1, 0.15) is 0 Å². The lowest BCUT2D eigenvalue weighted by Gasteiger charge is -2.14. The first-order valence-corrected chi connectivity index (χ1v) is 7.25. The van der Waals surface area contributed by atoms with Crippen LogP contribution in [0.15, 0.2) is 36.4 Å². The van der Waals surface area contributed by atoms with Crippen LogP contribution in [-0.2, 0) is 6.42 Å². The Hall–Kier alpha value is -0.980. The fraction of sp³-hybridized carbons (Fsp3) is 0.294. The van der Waals surface area contributed by atoms with Crippen LogP contribution in [0.1, 0.15) is 33.2 Å². The Bertz CT molecular complexity index is 588. The third-order valence-electron chi connectivity index (χ3n) is 3.55. The molecule has 0 fully saturated rings. The molecule has 0 spiro atoms. The zero-order valence-corrected chi connectivity index (χ0v) is 13.0. The number of benzene rings is 2. The Labute approximate surface area is 125 Å². The van der Waals surface area contributed by atoms with Crippen LogP contribution < -0.4 is 0 Å². The summed E-state index contributed by atoms with van der Waals surface area (Å²) in [5.74, 6) is 0. The normalized spacial score (nSPS) is 12.5. The van der Waals surface area contributed by atoms with Gasteiger partial charge in [0.2, 0.25) is 0 Å². The van der Waals surface area contributed by atoms with Crippen LogP contribution in [0, 0.1) is 20.8 Å².